The minimum absolute atomic E-state index is 0.00370. The van der Waals surface area contributed by atoms with Crippen LogP contribution in [0, 0.1) is 12.0 Å². The summed E-state index contributed by atoms with van der Waals surface area (Å²) < 4.78 is 45.4. The van der Waals surface area contributed by atoms with Gasteiger partial charge in [0.15, 0.2) is 9.84 Å². The molecular formula is C27H31FN6O4S. The molecule has 10 nitrogen and oxygen atoms in total. The number of nitrogens with zero attached hydrogens (tertiary/aromatic N) is 3. The van der Waals surface area contributed by atoms with Crippen LogP contribution in [0.15, 0.2) is 47.9 Å². The van der Waals surface area contributed by atoms with Gasteiger partial charge in [-0.3, -0.25) is 4.79 Å². The Kier molecular flexibility index (Phi) is 8.42. The zero-order chi connectivity index (χ0) is 28.2. The van der Waals surface area contributed by atoms with E-state index in [1.165, 1.54) is 28.8 Å². The van der Waals surface area contributed by atoms with E-state index in [9.17, 15) is 17.6 Å². The van der Waals surface area contributed by atoms with Crippen LogP contribution in [0.2, 0.25) is 0 Å². The van der Waals surface area contributed by atoms with Crippen molar-refractivity contribution in [2.45, 2.75) is 23.5 Å². The van der Waals surface area contributed by atoms with E-state index in [1.807, 2.05) is 18.2 Å². The van der Waals surface area contributed by atoms with Crippen LogP contribution in [0.5, 0.6) is 5.75 Å². The number of hydrogen-bond donors (Lipinski definition) is 3. The van der Waals surface area contributed by atoms with Gasteiger partial charge in [0.1, 0.15) is 17.4 Å². The molecule has 4 rings (SSSR count). The molecule has 1 amide bonds. The molecule has 1 saturated heterocycles. The Hall–Kier alpha value is -4.08. The SMILES string of the molecule is C=Cc1c2cccc(N[C@@H]3CCN(C(=O)CN)C[C@@H]3F)c2nn1C#CCNc1ccc(S(C)(=O)=O)cc1OC. The van der Waals surface area contributed by atoms with Gasteiger partial charge in [0.25, 0.3) is 0 Å². The number of piperidine rings is 1. The molecule has 1 aromatic heterocycles. The number of ether oxygens (including phenoxy) is 1. The molecule has 0 unspecified atom stereocenters. The van der Waals surface area contributed by atoms with Crippen molar-refractivity contribution in [3.8, 4) is 17.7 Å². The molecule has 1 fully saturated rings. The number of methoxy groups -OCH3 is 1. The minimum Gasteiger partial charge on any atom is -0.495 e. The maximum atomic E-state index is 14.9. The summed E-state index contributed by atoms with van der Waals surface area (Å²) in [6.07, 6.45) is 1.98. The van der Waals surface area contributed by atoms with Crippen LogP contribution in [-0.2, 0) is 14.6 Å². The number of halogens is 1. The van der Waals surface area contributed by atoms with E-state index >= 15 is 0 Å². The second-order valence-corrected chi connectivity index (χ2v) is 11.1. The minimum atomic E-state index is -3.36. The number of nitrogens with one attached hydrogen (secondary N) is 2. The first kappa shape index (κ1) is 27.9. The predicted molar refractivity (Wildman–Crippen MR) is 150 cm³/mol. The summed E-state index contributed by atoms with van der Waals surface area (Å²) in [4.78, 5) is 13.5. The highest BCUT2D eigenvalue weighted by molar-refractivity contribution is 7.90. The molecule has 2 aromatic carbocycles. The Balaban J connectivity index is 1.51. The highest BCUT2D eigenvalue weighted by Crippen LogP contribution is 2.29. The van der Waals surface area contributed by atoms with E-state index in [-0.39, 0.29) is 30.4 Å². The highest BCUT2D eigenvalue weighted by atomic mass is 32.2. The van der Waals surface area contributed by atoms with Gasteiger partial charge in [0.05, 0.1) is 54.8 Å². The van der Waals surface area contributed by atoms with E-state index in [2.05, 4.69) is 34.3 Å². The van der Waals surface area contributed by atoms with Crippen LogP contribution >= 0.6 is 0 Å². The summed E-state index contributed by atoms with van der Waals surface area (Å²) in [7, 11) is -1.90. The molecule has 3 aromatic rings. The van der Waals surface area contributed by atoms with Crippen LogP contribution < -0.4 is 21.1 Å². The molecule has 0 radical (unpaired) electrons. The molecule has 2 heterocycles. The molecule has 2 atom stereocenters. The molecule has 0 bridgehead atoms. The summed E-state index contributed by atoms with van der Waals surface area (Å²) in [6.45, 7) is 4.42. The second kappa shape index (κ2) is 11.8. The number of hydrogen-bond acceptors (Lipinski definition) is 8. The van der Waals surface area contributed by atoms with Crippen LogP contribution in [-0.4, -0.2) is 80.8 Å². The van der Waals surface area contributed by atoms with Gasteiger partial charge in [0, 0.05) is 30.3 Å². The van der Waals surface area contributed by atoms with E-state index in [4.69, 9.17) is 10.5 Å². The van der Waals surface area contributed by atoms with Gasteiger partial charge in [-0.15, -0.1) is 0 Å². The van der Waals surface area contributed by atoms with Crippen LogP contribution in [0.4, 0.5) is 15.8 Å². The highest BCUT2D eigenvalue weighted by Gasteiger charge is 2.31. The van der Waals surface area contributed by atoms with E-state index < -0.39 is 22.1 Å². The lowest BCUT2D eigenvalue weighted by Gasteiger charge is -2.35. The smallest absolute Gasteiger partial charge is 0.236 e. The molecule has 0 aliphatic carbocycles. The zero-order valence-corrected chi connectivity index (χ0v) is 22.6. The average Bonchev–Trinajstić information content (AvgIpc) is 3.29. The number of anilines is 2. The third-order valence-electron chi connectivity index (χ3n) is 6.50. The number of amides is 1. The lowest BCUT2D eigenvalue weighted by atomic mass is 10.0. The first-order chi connectivity index (χ1) is 18.7. The molecule has 4 N–H and O–H groups in total. The number of alkyl halides is 1. The van der Waals surface area contributed by atoms with Crippen molar-refractivity contribution in [2.24, 2.45) is 5.73 Å². The third kappa shape index (κ3) is 6.16. The molecule has 1 aliphatic heterocycles. The average molecular weight is 555 g/mol. The Morgan fingerprint density at radius 2 is 2.13 bits per heavy atom. The first-order valence-electron chi connectivity index (χ1n) is 12.3. The second-order valence-electron chi connectivity index (χ2n) is 9.08. The third-order valence-corrected chi connectivity index (χ3v) is 7.61. The van der Waals surface area contributed by atoms with Crippen molar-refractivity contribution in [3.05, 3.63) is 48.7 Å². The fourth-order valence-corrected chi connectivity index (χ4v) is 5.09. The zero-order valence-electron chi connectivity index (χ0n) is 21.8. The van der Waals surface area contributed by atoms with Crippen molar-refractivity contribution >= 4 is 44.1 Å². The largest absolute Gasteiger partial charge is 0.495 e. The number of benzene rings is 2. The Morgan fingerprint density at radius 3 is 2.79 bits per heavy atom. The molecule has 1 aliphatic rings. The number of aromatic nitrogens is 2. The predicted octanol–water partition coefficient (Wildman–Crippen LogP) is 2.32. The van der Waals surface area contributed by atoms with Gasteiger partial charge in [0.2, 0.25) is 5.91 Å². The van der Waals surface area contributed by atoms with Gasteiger partial charge in [-0.2, -0.15) is 9.78 Å². The lowest BCUT2D eigenvalue weighted by Crippen LogP contribution is -2.51. The number of fused-ring (bicyclic) bond motifs is 1. The maximum Gasteiger partial charge on any atom is 0.236 e. The fourth-order valence-electron chi connectivity index (χ4n) is 4.45. The normalized spacial score (nSPS) is 17.3. The van der Waals surface area contributed by atoms with Crippen molar-refractivity contribution in [1.29, 1.82) is 0 Å². The summed E-state index contributed by atoms with van der Waals surface area (Å²) in [5, 5.41) is 11.8. The van der Waals surface area contributed by atoms with Crippen LogP contribution in [0.3, 0.4) is 0 Å². The fraction of sp³-hybridized carbons (Fsp3) is 0.333. The lowest BCUT2D eigenvalue weighted by molar-refractivity contribution is -0.131. The molecule has 12 heteroatoms. The number of carbonyl (C=O) groups excluding carboxylic acids is 1. The van der Waals surface area contributed by atoms with Gasteiger partial charge >= 0.3 is 0 Å². The monoisotopic (exact) mass is 554 g/mol. The Labute approximate surface area is 226 Å². The molecular weight excluding hydrogens is 523 g/mol. The molecule has 206 valence electrons. The quantitative estimate of drug-likeness (QED) is 0.362. The number of sulfone groups is 1. The molecule has 39 heavy (non-hydrogen) atoms. The Bertz CT molecular complexity index is 1560. The molecule has 0 saturated carbocycles. The van der Waals surface area contributed by atoms with E-state index in [0.29, 0.717) is 41.3 Å². The number of likely N-dealkylation sites (tertiary alicyclic amines) is 1. The van der Waals surface area contributed by atoms with Crippen molar-refractivity contribution in [2.75, 3.05) is 50.2 Å². The van der Waals surface area contributed by atoms with Crippen molar-refractivity contribution in [1.82, 2.24) is 14.7 Å². The van der Waals surface area contributed by atoms with Gasteiger partial charge in [-0.05, 0) is 30.7 Å². The standard InChI is InChI=1S/C27H31FN6O4S/c1-4-24-19-7-5-8-23(31-21-11-14-33(17-20(21)28)26(35)16-29)27(19)32-34(24)13-6-12-30-22-10-9-18(39(3,36)37)15-25(22)38-2/h4-5,7-10,15,20-21,30-31H,1,11-12,14,16-17,29H2,2-3H3/t20-,21+/m0/s1. The summed E-state index contributed by atoms with van der Waals surface area (Å²) in [5.74, 6) is 3.13. The summed E-state index contributed by atoms with van der Waals surface area (Å²) in [5.41, 5.74) is 7.99. The molecule has 0 spiro atoms. The Morgan fingerprint density at radius 1 is 1.33 bits per heavy atom. The van der Waals surface area contributed by atoms with Crippen molar-refractivity contribution in [3.63, 3.8) is 0 Å². The number of carbonyl (C=O) groups is 1. The van der Waals surface area contributed by atoms with Crippen LogP contribution in [0.25, 0.3) is 17.0 Å². The van der Waals surface area contributed by atoms with Gasteiger partial charge < -0.3 is 26.0 Å². The topological polar surface area (TPSA) is 132 Å². The van der Waals surface area contributed by atoms with Gasteiger partial charge in [-0.25, -0.2) is 12.8 Å². The van der Waals surface area contributed by atoms with E-state index in [1.54, 1.807) is 12.1 Å². The summed E-state index contributed by atoms with van der Waals surface area (Å²) >= 11 is 0. The van der Waals surface area contributed by atoms with E-state index in [0.717, 1.165) is 11.6 Å². The van der Waals surface area contributed by atoms with Crippen LogP contribution in [0.1, 0.15) is 12.1 Å². The number of rotatable bonds is 8. The first-order valence-corrected chi connectivity index (χ1v) is 14.2. The number of nitrogens with two attached hydrogens (primary N) is 1. The van der Waals surface area contributed by atoms with Gasteiger partial charge in [-0.1, -0.05) is 24.6 Å². The summed E-state index contributed by atoms with van der Waals surface area (Å²) in [6, 6.07) is 12.7. The van der Waals surface area contributed by atoms with Crippen molar-refractivity contribution < 1.29 is 22.3 Å². The maximum absolute atomic E-state index is 14.9.